The highest BCUT2D eigenvalue weighted by Gasteiger charge is 2.26. The number of amides is 1. The number of aliphatic hydroxyl groups is 1. The first-order valence-electron chi connectivity index (χ1n) is 7.55. The molecule has 0 saturated heterocycles. The quantitative estimate of drug-likeness (QED) is 0.902. The molecule has 0 aliphatic heterocycles. The van der Waals surface area contributed by atoms with Gasteiger partial charge >= 0.3 is 0 Å². The maximum atomic E-state index is 12.1. The van der Waals surface area contributed by atoms with E-state index in [0.717, 1.165) is 19.3 Å². The van der Waals surface area contributed by atoms with Gasteiger partial charge in [-0.2, -0.15) is 0 Å². The number of methoxy groups -OCH3 is 1. The fourth-order valence-corrected chi connectivity index (χ4v) is 2.87. The maximum Gasteiger partial charge on any atom is 0.223 e. The van der Waals surface area contributed by atoms with Crippen molar-refractivity contribution in [2.24, 2.45) is 5.92 Å². The fraction of sp³-hybridized carbons (Fsp3) is 0.500. The lowest BCUT2D eigenvalue weighted by molar-refractivity contribution is -0.127. The number of benzene rings is 1. The molecule has 2 N–H and O–H groups in total. The Bertz CT molecular complexity index is 667. The Morgan fingerprint density at radius 3 is 3.14 bits per heavy atom. The van der Waals surface area contributed by atoms with Crippen molar-refractivity contribution in [1.29, 1.82) is 0 Å². The molecule has 1 amide bonds. The van der Waals surface area contributed by atoms with Crippen LogP contribution >= 0.6 is 0 Å². The van der Waals surface area contributed by atoms with Gasteiger partial charge in [0.1, 0.15) is 11.3 Å². The molecule has 1 heterocycles. The van der Waals surface area contributed by atoms with Gasteiger partial charge in [0.05, 0.1) is 19.8 Å². The molecule has 6 nitrogen and oxygen atoms in total. The van der Waals surface area contributed by atoms with Gasteiger partial charge in [-0.3, -0.25) is 4.79 Å². The summed E-state index contributed by atoms with van der Waals surface area (Å²) in [6.07, 6.45) is 2.68. The molecule has 0 unspecified atom stereocenters. The van der Waals surface area contributed by atoms with E-state index in [1.54, 1.807) is 25.3 Å². The molecule has 2 atom stereocenters. The monoisotopic (exact) mass is 304 g/mol. The molecule has 22 heavy (non-hydrogen) atoms. The Kier molecular flexibility index (Phi) is 4.29. The van der Waals surface area contributed by atoms with Crippen LogP contribution in [0, 0.1) is 5.92 Å². The first-order valence-corrected chi connectivity index (χ1v) is 7.55. The third-order valence-corrected chi connectivity index (χ3v) is 4.07. The van der Waals surface area contributed by atoms with E-state index in [1.165, 1.54) is 0 Å². The standard InChI is InChI=1S/C16H20N2O4/c1-21-12-5-6-14-13(8-12)18-15(22-14)9-17-16(20)10-3-2-4-11(19)7-10/h5-6,8,10-11,19H,2-4,7,9H2,1H3,(H,17,20)/t10-,11-/m0/s1. The average molecular weight is 304 g/mol. The van der Waals surface area contributed by atoms with Gasteiger partial charge in [0.2, 0.25) is 11.8 Å². The van der Waals surface area contributed by atoms with E-state index in [1.807, 2.05) is 0 Å². The molecule has 0 radical (unpaired) electrons. The van der Waals surface area contributed by atoms with Gasteiger partial charge < -0.3 is 19.6 Å². The first kappa shape index (κ1) is 14.8. The second-order valence-electron chi connectivity index (χ2n) is 5.68. The Balaban J connectivity index is 1.62. The predicted molar refractivity (Wildman–Crippen MR) is 80.4 cm³/mol. The maximum absolute atomic E-state index is 12.1. The summed E-state index contributed by atoms with van der Waals surface area (Å²) in [5.41, 5.74) is 1.37. The van der Waals surface area contributed by atoms with E-state index in [2.05, 4.69) is 10.3 Å². The molecular formula is C16H20N2O4. The van der Waals surface area contributed by atoms with Gasteiger partial charge in [-0.05, 0) is 31.4 Å². The molecule has 2 aromatic rings. The minimum absolute atomic E-state index is 0.0430. The lowest BCUT2D eigenvalue weighted by Gasteiger charge is -2.24. The number of nitrogens with one attached hydrogen (secondary N) is 1. The van der Waals surface area contributed by atoms with Crippen LogP contribution in [0.5, 0.6) is 5.75 Å². The number of aliphatic hydroxyl groups excluding tert-OH is 1. The summed E-state index contributed by atoms with van der Waals surface area (Å²) in [6.45, 7) is 0.252. The number of carbonyl (C=O) groups excluding carboxylic acids is 1. The predicted octanol–water partition coefficient (Wildman–Crippen LogP) is 2.00. The summed E-state index contributed by atoms with van der Waals surface area (Å²) in [5, 5.41) is 12.5. The molecule has 1 aliphatic rings. The van der Waals surface area contributed by atoms with Crippen molar-refractivity contribution in [1.82, 2.24) is 10.3 Å². The number of hydrogen-bond donors (Lipinski definition) is 2. The van der Waals surface area contributed by atoms with Crippen LogP contribution in [-0.4, -0.2) is 29.2 Å². The summed E-state index contributed by atoms with van der Waals surface area (Å²) in [5.74, 6) is 1.02. The number of aromatic nitrogens is 1. The summed E-state index contributed by atoms with van der Waals surface area (Å²) < 4.78 is 10.7. The number of oxazole rings is 1. The minimum atomic E-state index is -0.360. The van der Waals surface area contributed by atoms with Crippen LogP contribution < -0.4 is 10.1 Å². The van der Waals surface area contributed by atoms with Crippen molar-refractivity contribution in [3.63, 3.8) is 0 Å². The molecule has 3 rings (SSSR count). The summed E-state index contributed by atoms with van der Waals surface area (Å²) >= 11 is 0. The Morgan fingerprint density at radius 1 is 1.50 bits per heavy atom. The van der Waals surface area contributed by atoms with Crippen LogP contribution in [0.4, 0.5) is 0 Å². The highest BCUT2D eigenvalue weighted by atomic mass is 16.5. The largest absolute Gasteiger partial charge is 0.497 e. The molecule has 6 heteroatoms. The lowest BCUT2D eigenvalue weighted by Crippen LogP contribution is -2.34. The first-order chi connectivity index (χ1) is 10.7. The Morgan fingerprint density at radius 2 is 2.36 bits per heavy atom. The fourth-order valence-electron chi connectivity index (χ4n) is 2.87. The molecule has 1 aliphatic carbocycles. The van der Waals surface area contributed by atoms with Crippen LogP contribution in [-0.2, 0) is 11.3 Å². The van der Waals surface area contributed by atoms with E-state index in [9.17, 15) is 9.90 Å². The average Bonchev–Trinajstić information content (AvgIpc) is 2.94. The van der Waals surface area contributed by atoms with Crippen molar-refractivity contribution in [3.8, 4) is 5.75 Å². The van der Waals surface area contributed by atoms with Crippen molar-refractivity contribution in [2.45, 2.75) is 38.3 Å². The molecular weight excluding hydrogens is 284 g/mol. The second-order valence-corrected chi connectivity index (χ2v) is 5.68. The molecule has 1 aromatic carbocycles. The van der Waals surface area contributed by atoms with Crippen molar-refractivity contribution >= 4 is 17.0 Å². The molecule has 1 aromatic heterocycles. The summed E-state index contributed by atoms with van der Waals surface area (Å²) in [4.78, 5) is 16.5. The topological polar surface area (TPSA) is 84.6 Å². The van der Waals surface area contributed by atoms with Gasteiger partial charge in [0.25, 0.3) is 0 Å². The van der Waals surface area contributed by atoms with Crippen LogP contribution in [0.25, 0.3) is 11.1 Å². The van der Waals surface area contributed by atoms with Gasteiger partial charge in [-0.1, -0.05) is 6.42 Å². The van der Waals surface area contributed by atoms with E-state index in [0.29, 0.717) is 29.2 Å². The van der Waals surface area contributed by atoms with Crippen molar-refractivity contribution in [3.05, 3.63) is 24.1 Å². The third-order valence-electron chi connectivity index (χ3n) is 4.07. The molecule has 0 bridgehead atoms. The van der Waals surface area contributed by atoms with Gasteiger partial charge in [-0.15, -0.1) is 0 Å². The van der Waals surface area contributed by atoms with E-state index in [-0.39, 0.29) is 24.5 Å². The van der Waals surface area contributed by atoms with Crippen LogP contribution in [0.15, 0.2) is 22.6 Å². The van der Waals surface area contributed by atoms with Crippen LogP contribution in [0.2, 0.25) is 0 Å². The molecule has 118 valence electrons. The zero-order chi connectivity index (χ0) is 15.5. The smallest absolute Gasteiger partial charge is 0.223 e. The molecule has 1 fully saturated rings. The number of nitrogens with zero attached hydrogens (tertiary/aromatic N) is 1. The van der Waals surface area contributed by atoms with E-state index in [4.69, 9.17) is 9.15 Å². The zero-order valence-corrected chi connectivity index (χ0v) is 12.5. The second kappa shape index (κ2) is 6.36. The lowest BCUT2D eigenvalue weighted by atomic mass is 9.87. The van der Waals surface area contributed by atoms with Crippen molar-refractivity contribution < 1.29 is 19.1 Å². The summed E-state index contributed by atoms with van der Waals surface area (Å²) in [6, 6.07) is 5.39. The molecule has 0 spiro atoms. The number of rotatable bonds is 4. The Labute approximate surface area is 128 Å². The number of ether oxygens (including phenoxy) is 1. The highest BCUT2D eigenvalue weighted by Crippen LogP contribution is 2.25. The van der Waals surface area contributed by atoms with Crippen LogP contribution in [0.3, 0.4) is 0 Å². The zero-order valence-electron chi connectivity index (χ0n) is 12.5. The molecule has 1 saturated carbocycles. The van der Waals surface area contributed by atoms with Gasteiger partial charge in [0.15, 0.2) is 5.58 Å². The van der Waals surface area contributed by atoms with E-state index >= 15 is 0 Å². The van der Waals surface area contributed by atoms with Crippen molar-refractivity contribution in [2.75, 3.05) is 7.11 Å². The Hall–Kier alpha value is -2.08. The number of carbonyl (C=O) groups is 1. The SMILES string of the molecule is COc1ccc2oc(CNC(=O)[C@H]3CCC[C@H](O)C3)nc2c1. The minimum Gasteiger partial charge on any atom is -0.497 e. The number of hydrogen-bond acceptors (Lipinski definition) is 5. The highest BCUT2D eigenvalue weighted by molar-refractivity contribution is 5.79. The van der Waals surface area contributed by atoms with E-state index < -0.39 is 0 Å². The number of fused-ring (bicyclic) bond motifs is 1. The summed E-state index contributed by atoms with van der Waals surface area (Å²) in [7, 11) is 1.60. The van der Waals surface area contributed by atoms with Gasteiger partial charge in [-0.25, -0.2) is 4.98 Å². The third kappa shape index (κ3) is 3.22. The van der Waals surface area contributed by atoms with Gasteiger partial charge in [0, 0.05) is 12.0 Å². The van der Waals surface area contributed by atoms with Crippen LogP contribution in [0.1, 0.15) is 31.6 Å². The normalized spacial score (nSPS) is 21.7.